The van der Waals surface area contributed by atoms with Crippen LogP contribution in [0.1, 0.15) is 5.56 Å². The molecule has 5 rings (SSSR count). The Hall–Kier alpha value is -5.68. The number of rotatable bonds is 8. The van der Waals surface area contributed by atoms with Crippen molar-refractivity contribution in [2.45, 2.75) is 30.7 Å². The van der Waals surface area contributed by atoms with Crippen molar-refractivity contribution in [1.29, 1.82) is 0 Å². The molecule has 2 heterocycles. The van der Waals surface area contributed by atoms with E-state index in [9.17, 15) is 55.5 Å². The van der Waals surface area contributed by atoms with Crippen LogP contribution in [0.3, 0.4) is 0 Å². The molecule has 9 N–H and O–H groups in total. The second-order valence-electron chi connectivity index (χ2n) is 10.3. The van der Waals surface area contributed by atoms with Crippen LogP contribution in [-0.4, -0.2) is 96.4 Å². The highest BCUT2D eigenvalue weighted by molar-refractivity contribution is 5.91. The van der Waals surface area contributed by atoms with E-state index in [1.54, 1.807) is 0 Å². The van der Waals surface area contributed by atoms with Gasteiger partial charge in [0.2, 0.25) is 23.2 Å². The molecule has 1 aliphatic heterocycles. The number of methoxy groups -OCH3 is 1. The van der Waals surface area contributed by atoms with Crippen LogP contribution >= 0.6 is 0 Å². The number of aromatic hydroxyl groups is 6. The lowest BCUT2D eigenvalue weighted by atomic mass is 9.99. The van der Waals surface area contributed by atoms with Crippen LogP contribution < -0.4 is 14.9 Å². The second kappa shape index (κ2) is 13.0. The lowest BCUT2D eigenvalue weighted by Crippen LogP contribution is -2.60. The normalized spacial score (nSPS) is 21.1. The predicted molar refractivity (Wildman–Crippen MR) is 158 cm³/mol. The molecule has 0 amide bonds. The van der Waals surface area contributed by atoms with Gasteiger partial charge in [-0.15, -0.1) is 0 Å². The van der Waals surface area contributed by atoms with E-state index in [0.717, 1.165) is 31.4 Å². The Balaban J connectivity index is 1.40. The van der Waals surface area contributed by atoms with Gasteiger partial charge < -0.3 is 69.3 Å². The van der Waals surface area contributed by atoms with Crippen molar-refractivity contribution in [2.75, 3.05) is 13.7 Å². The topological polar surface area (TPSA) is 266 Å². The Bertz CT molecular complexity index is 1910. The van der Waals surface area contributed by atoms with Crippen LogP contribution in [0.2, 0.25) is 0 Å². The van der Waals surface area contributed by atoms with Crippen molar-refractivity contribution in [3.8, 4) is 57.3 Å². The first-order chi connectivity index (χ1) is 22.3. The van der Waals surface area contributed by atoms with Crippen molar-refractivity contribution in [2.24, 2.45) is 0 Å². The molecular formula is C31H28O16. The standard InChI is InChI=1S/C31H28O16/c1-43-30-19(10-18-22(25(30)39)24(38)27(41)29(45-18)13-4-6-15(33)17(35)9-13)46-31-28(42)26(40)23(37)20(47-31)11-44-21(36)7-3-12-2-5-14(32)16(34)8-12/h2-10,20,23,26,28,31-35,37,39-42H,11H2,1H3/t20-,23-,26+,28-,31-/m1/s1. The van der Waals surface area contributed by atoms with Crippen molar-refractivity contribution < 1.29 is 74.1 Å². The van der Waals surface area contributed by atoms with E-state index in [4.69, 9.17) is 23.4 Å². The van der Waals surface area contributed by atoms with Crippen LogP contribution in [0.25, 0.3) is 28.4 Å². The monoisotopic (exact) mass is 656 g/mol. The van der Waals surface area contributed by atoms with Gasteiger partial charge in [0, 0.05) is 17.7 Å². The lowest BCUT2D eigenvalue weighted by molar-refractivity contribution is -0.278. The maximum atomic E-state index is 13.0. The van der Waals surface area contributed by atoms with Crippen LogP contribution in [0.5, 0.6) is 46.0 Å². The molecule has 1 saturated heterocycles. The van der Waals surface area contributed by atoms with E-state index >= 15 is 0 Å². The summed E-state index contributed by atoms with van der Waals surface area (Å²) in [7, 11) is 1.11. The summed E-state index contributed by atoms with van der Waals surface area (Å²) in [5, 5.41) is 90.9. The van der Waals surface area contributed by atoms with E-state index in [1.807, 2.05) is 0 Å². The lowest BCUT2D eigenvalue weighted by Gasteiger charge is -2.40. The molecule has 0 radical (unpaired) electrons. The van der Waals surface area contributed by atoms with Crippen molar-refractivity contribution in [1.82, 2.24) is 0 Å². The fraction of sp³-hybridized carbons (Fsp3) is 0.226. The number of hydrogen-bond donors (Lipinski definition) is 9. The Labute approximate surface area is 263 Å². The Morgan fingerprint density at radius 1 is 0.851 bits per heavy atom. The third kappa shape index (κ3) is 6.38. The summed E-state index contributed by atoms with van der Waals surface area (Å²) in [6.45, 7) is -0.633. The summed E-state index contributed by atoms with van der Waals surface area (Å²) in [6.07, 6.45) is -6.50. The van der Waals surface area contributed by atoms with Crippen LogP contribution in [-0.2, 0) is 14.3 Å². The zero-order valence-corrected chi connectivity index (χ0v) is 24.2. The first-order valence-corrected chi connectivity index (χ1v) is 13.7. The Morgan fingerprint density at radius 2 is 1.53 bits per heavy atom. The van der Waals surface area contributed by atoms with Gasteiger partial charge in [-0.1, -0.05) is 6.07 Å². The minimum Gasteiger partial charge on any atom is -0.504 e. The molecule has 0 bridgehead atoms. The molecule has 16 heteroatoms. The van der Waals surface area contributed by atoms with Crippen molar-refractivity contribution in [3.63, 3.8) is 0 Å². The molecule has 5 atom stereocenters. The zero-order chi connectivity index (χ0) is 34.2. The molecule has 0 spiro atoms. The summed E-state index contributed by atoms with van der Waals surface area (Å²) in [5.74, 6) is -5.82. The maximum Gasteiger partial charge on any atom is 0.330 e. The zero-order valence-electron chi connectivity index (χ0n) is 24.2. The van der Waals surface area contributed by atoms with Gasteiger partial charge in [0.15, 0.2) is 40.3 Å². The molecule has 0 unspecified atom stereocenters. The quantitative estimate of drug-likeness (QED) is 0.0731. The van der Waals surface area contributed by atoms with E-state index < -0.39 is 100 Å². The summed E-state index contributed by atoms with van der Waals surface area (Å²) in [4.78, 5) is 25.3. The molecule has 0 saturated carbocycles. The summed E-state index contributed by atoms with van der Waals surface area (Å²) in [6, 6.07) is 8.20. The van der Waals surface area contributed by atoms with Gasteiger partial charge in [-0.2, -0.15) is 0 Å². The van der Waals surface area contributed by atoms with E-state index in [0.29, 0.717) is 5.56 Å². The van der Waals surface area contributed by atoms with E-state index in [-0.39, 0.29) is 16.9 Å². The Morgan fingerprint density at radius 3 is 2.19 bits per heavy atom. The van der Waals surface area contributed by atoms with Crippen LogP contribution in [0, 0.1) is 0 Å². The number of fused-ring (bicyclic) bond motifs is 1. The van der Waals surface area contributed by atoms with Gasteiger partial charge in [-0.3, -0.25) is 4.79 Å². The maximum absolute atomic E-state index is 13.0. The predicted octanol–water partition coefficient (Wildman–Crippen LogP) is 1.15. The van der Waals surface area contributed by atoms with Gasteiger partial charge in [0.25, 0.3) is 0 Å². The molecule has 248 valence electrons. The fourth-order valence-corrected chi connectivity index (χ4v) is 4.73. The molecule has 1 aliphatic rings. The summed E-state index contributed by atoms with van der Waals surface area (Å²) >= 11 is 0. The van der Waals surface area contributed by atoms with Gasteiger partial charge in [-0.05, 0) is 42.0 Å². The van der Waals surface area contributed by atoms with Gasteiger partial charge in [-0.25, -0.2) is 4.79 Å². The second-order valence-corrected chi connectivity index (χ2v) is 10.3. The number of esters is 1. The fourth-order valence-electron chi connectivity index (χ4n) is 4.73. The highest BCUT2D eigenvalue weighted by Crippen LogP contribution is 2.45. The van der Waals surface area contributed by atoms with Gasteiger partial charge in [0.1, 0.15) is 42.0 Å². The molecule has 16 nitrogen and oxygen atoms in total. The SMILES string of the molecule is COc1c(O[C@@H]2O[C@H](COC(=O)C=Cc3ccc(O)c(O)c3)[C@@H](O)[C@H](O)[C@H]2O)cc2oc(-c3ccc(O)c(O)c3)c(O)c(=O)c2c1O. The number of ether oxygens (including phenoxy) is 4. The molecule has 0 aliphatic carbocycles. The average Bonchev–Trinajstić information content (AvgIpc) is 3.04. The molecular weight excluding hydrogens is 628 g/mol. The summed E-state index contributed by atoms with van der Waals surface area (Å²) < 4.78 is 27.2. The number of phenols is 5. The first kappa shape index (κ1) is 32.7. The molecule has 47 heavy (non-hydrogen) atoms. The number of aliphatic hydroxyl groups excluding tert-OH is 3. The number of phenolic OH excluding ortho intramolecular Hbond substituents is 5. The van der Waals surface area contributed by atoms with Crippen LogP contribution in [0.4, 0.5) is 0 Å². The molecule has 4 aromatic rings. The Kier molecular flexibility index (Phi) is 9.03. The minimum absolute atomic E-state index is 0.0221. The van der Waals surface area contributed by atoms with Gasteiger partial charge in [0.05, 0.1) is 7.11 Å². The number of hydrogen-bond acceptors (Lipinski definition) is 16. The average molecular weight is 657 g/mol. The minimum atomic E-state index is -1.90. The van der Waals surface area contributed by atoms with Gasteiger partial charge >= 0.3 is 5.97 Å². The largest absolute Gasteiger partial charge is 0.504 e. The number of benzene rings is 3. The number of carbonyl (C=O) groups excluding carboxylic acids is 1. The van der Waals surface area contributed by atoms with E-state index in [1.165, 1.54) is 30.3 Å². The first-order valence-electron chi connectivity index (χ1n) is 13.7. The van der Waals surface area contributed by atoms with Crippen molar-refractivity contribution in [3.05, 3.63) is 64.3 Å². The molecule has 1 aromatic heterocycles. The third-order valence-electron chi connectivity index (χ3n) is 7.21. The highest BCUT2D eigenvalue weighted by Gasteiger charge is 2.46. The highest BCUT2D eigenvalue weighted by atomic mass is 16.7. The number of carbonyl (C=O) groups is 1. The summed E-state index contributed by atoms with van der Waals surface area (Å²) in [5.41, 5.74) is -1.13. The van der Waals surface area contributed by atoms with Crippen molar-refractivity contribution >= 4 is 23.0 Å². The van der Waals surface area contributed by atoms with E-state index in [2.05, 4.69) is 0 Å². The smallest absolute Gasteiger partial charge is 0.330 e. The molecule has 1 fully saturated rings. The van der Waals surface area contributed by atoms with Crippen LogP contribution in [0.15, 0.2) is 57.8 Å². The number of aliphatic hydroxyl groups is 3. The third-order valence-corrected chi connectivity index (χ3v) is 7.21. The molecule has 3 aromatic carbocycles.